The fourth-order valence-corrected chi connectivity index (χ4v) is 4.51. The van der Waals surface area contributed by atoms with Crippen molar-refractivity contribution >= 4 is 49.9 Å². The number of aromatic nitrogens is 3. The van der Waals surface area contributed by atoms with Crippen molar-refractivity contribution in [3.63, 3.8) is 0 Å². The zero-order valence-corrected chi connectivity index (χ0v) is 18.9. The lowest BCUT2D eigenvalue weighted by molar-refractivity contribution is -0.112. The largest absolute Gasteiger partial charge is 0.318 e. The van der Waals surface area contributed by atoms with Crippen molar-refractivity contribution in [2.75, 3.05) is 11.6 Å². The average Bonchev–Trinajstić information content (AvgIpc) is 3.26. The number of hydrogen-bond acceptors (Lipinski definition) is 7. The molecule has 0 spiro atoms. The maximum absolute atomic E-state index is 13.5. The number of aryl methyl sites for hydroxylation is 1. The quantitative estimate of drug-likeness (QED) is 0.339. The highest BCUT2D eigenvalue weighted by molar-refractivity contribution is 7.92. The van der Waals surface area contributed by atoms with E-state index in [1.54, 1.807) is 19.1 Å². The van der Waals surface area contributed by atoms with Crippen LogP contribution in [0.2, 0.25) is 5.02 Å². The lowest BCUT2D eigenvalue weighted by Gasteiger charge is -2.10. The molecule has 0 unspecified atom stereocenters. The predicted molar refractivity (Wildman–Crippen MR) is 115 cm³/mol. The smallest absolute Gasteiger partial charge is 0.268 e. The third kappa shape index (κ3) is 4.82. The molecule has 0 aliphatic rings. The number of hydrogen-bond donors (Lipinski definition) is 1. The monoisotopic (exact) mass is 479 g/mol. The van der Waals surface area contributed by atoms with Gasteiger partial charge in [-0.1, -0.05) is 22.9 Å². The topological polar surface area (TPSA) is 118 Å². The summed E-state index contributed by atoms with van der Waals surface area (Å²) in [4.78, 5) is 12.5. The molecule has 0 aliphatic heterocycles. The molecule has 2 aromatic heterocycles. The molecule has 0 bridgehead atoms. The molecule has 1 amide bonds. The van der Waals surface area contributed by atoms with Crippen LogP contribution in [0.5, 0.6) is 0 Å². The summed E-state index contributed by atoms with van der Waals surface area (Å²) in [7, 11) is -3.55. The van der Waals surface area contributed by atoms with Crippen LogP contribution in [0.4, 0.5) is 9.52 Å². The lowest BCUT2D eigenvalue weighted by Crippen LogP contribution is -2.13. The SMILES string of the molecule is Cc1cc(C=C(C#N)C(=O)Nc2nnc(S(C)(=O)=O)s2)c(C)n1-c1ccc(F)c(Cl)c1. The zero-order chi connectivity index (χ0) is 22.9. The molecular weight excluding hydrogens is 465 g/mol. The van der Waals surface area contributed by atoms with E-state index in [2.05, 4.69) is 15.5 Å². The number of nitrogens with one attached hydrogen (secondary N) is 1. The fraction of sp³-hybridized carbons (Fsp3) is 0.158. The van der Waals surface area contributed by atoms with Crippen molar-refractivity contribution in [2.45, 2.75) is 18.2 Å². The van der Waals surface area contributed by atoms with Gasteiger partial charge in [-0.2, -0.15) is 5.26 Å². The highest BCUT2D eigenvalue weighted by Crippen LogP contribution is 2.26. The van der Waals surface area contributed by atoms with Gasteiger partial charge in [0.05, 0.1) is 5.02 Å². The zero-order valence-electron chi connectivity index (χ0n) is 16.5. The Kier molecular flexibility index (Phi) is 6.26. The number of halogens is 2. The Hall–Kier alpha value is -3.07. The molecule has 0 saturated heterocycles. The second kappa shape index (κ2) is 8.58. The fourth-order valence-electron chi connectivity index (χ4n) is 2.83. The maximum atomic E-state index is 13.5. The van der Waals surface area contributed by atoms with E-state index in [-0.39, 0.29) is 20.1 Å². The second-order valence-electron chi connectivity index (χ2n) is 6.53. The number of nitriles is 1. The molecule has 0 saturated carbocycles. The van der Waals surface area contributed by atoms with E-state index in [0.29, 0.717) is 28.3 Å². The first kappa shape index (κ1) is 22.6. The van der Waals surface area contributed by atoms with Gasteiger partial charge < -0.3 is 4.57 Å². The minimum absolute atomic E-state index is 0.0234. The van der Waals surface area contributed by atoms with Crippen LogP contribution in [0.15, 0.2) is 34.2 Å². The van der Waals surface area contributed by atoms with Gasteiger partial charge in [0.25, 0.3) is 5.91 Å². The van der Waals surface area contributed by atoms with Gasteiger partial charge in [-0.15, -0.1) is 10.2 Å². The Morgan fingerprint density at radius 1 is 1.32 bits per heavy atom. The van der Waals surface area contributed by atoms with E-state index in [9.17, 15) is 22.9 Å². The molecule has 3 rings (SSSR count). The summed E-state index contributed by atoms with van der Waals surface area (Å²) in [5, 5.41) is 18.9. The molecule has 1 N–H and O–H groups in total. The Labute approximate surface area is 186 Å². The van der Waals surface area contributed by atoms with Crippen LogP contribution in [-0.4, -0.2) is 35.3 Å². The third-order valence-electron chi connectivity index (χ3n) is 4.24. The summed E-state index contributed by atoms with van der Waals surface area (Å²) < 4.78 is 38.1. The number of carbonyl (C=O) groups is 1. The Morgan fingerprint density at radius 3 is 2.61 bits per heavy atom. The van der Waals surface area contributed by atoms with Crippen LogP contribution in [0.25, 0.3) is 11.8 Å². The first-order valence-electron chi connectivity index (χ1n) is 8.62. The molecule has 31 heavy (non-hydrogen) atoms. The van der Waals surface area contributed by atoms with Crippen molar-refractivity contribution in [1.29, 1.82) is 5.26 Å². The standard InChI is InChI=1S/C19H15ClFN5O3S2/c1-10-6-12(11(2)26(10)14-4-5-16(21)15(20)8-14)7-13(9-22)17(27)23-18-24-25-19(30-18)31(3,28)29/h4-8H,1-3H3,(H,23,24,27). The minimum atomic E-state index is -3.55. The summed E-state index contributed by atoms with van der Waals surface area (Å²) in [6.07, 6.45) is 2.38. The summed E-state index contributed by atoms with van der Waals surface area (Å²) in [6.45, 7) is 3.60. The van der Waals surface area contributed by atoms with Crippen molar-refractivity contribution < 1.29 is 17.6 Å². The van der Waals surface area contributed by atoms with Crippen LogP contribution in [0.3, 0.4) is 0 Å². The molecule has 12 heteroatoms. The number of rotatable bonds is 5. The number of amides is 1. The first-order chi connectivity index (χ1) is 14.5. The Morgan fingerprint density at radius 2 is 2.03 bits per heavy atom. The predicted octanol–water partition coefficient (Wildman–Crippen LogP) is 3.69. The number of sulfone groups is 1. The van der Waals surface area contributed by atoms with Crippen LogP contribution in [-0.2, 0) is 14.6 Å². The van der Waals surface area contributed by atoms with Crippen molar-refractivity contribution in [3.8, 4) is 11.8 Å². The normalized spacial score (nSPS) is 11.9. The van der Waals surface area contributed by atoms with Gasteiger partial charge in [0.1, 0.15) is 17.5 Å². The van der Waals surface area contributed by atoms with Gasteiger partial charge >= 0.3 is 0 Å². The van der Waals surface area contributed by atoms with Gasteiger partial charge in [0, 0.05) is 23.3 Å². The average molecular weight is 480 g/mol. The van der Waals surface area contributed by atoms with Crippen molar-refractivity contribution in [3.05, 3.63) is 57.6 Å². The van der Waals surface area contributed by atoms with Crippen LogP contribution in [0.1, 0.15) is 17.0 Å². The molecule has 8 nitrogen and oxygen atoms in total. The Balaban J connectivity index is 1.92. The minimum Gasteiger partial charge on any atom is -0.318 e. The molecule has 1 aromatic carbocycles. The molecule has 0 radical (unpaired) electrons. The van der Waals surface area contributed by atoms with Crippen LogP contribution in [0, 0.1) is 31.0 Å². The summed E-state index contributed by atoms with van der Waals surface area (Å²) in [6, 6.07) is 7.91. The highest BCUT2D eigenvalue weighted by atomic mass is 35.5. The summed E-state index contributed by atoms with van der Waals surface area (Å²) in [5.41, 5.74) is 2.50. The van der Waals surface area contributed by atoms with Gasteiger partial charge in [0.2, 0.25) is 19.3 Å². The van der Waals surface area contributed by atoms with Crippen LogP contribution < -0.4 is 5.32 Å². The second-order valence-corrected chi connectivity index (χ2v) is 10.1. The molecule has 3 aromatic rings. The number of carbonyl (C=O) groups excluding carboxylic acids is 1. The van der Waals surface area contributed by atoms with Gasteiger partial charge in [-0.05, 0) is 49.8 Å². The number of benzene rings is 1. The van der Waals surface area contributed by atoms with Crippen LogP contribution >= 0.6 is 22.9 Å². The molecule has 160 valence electrons. The van der Waals surface area contributed by atoms with Gasteiger partial charge in [-0.25, -0.2) is 12.8 Å². The van der Waals surface area contributed by atoms with E-state index in [1.165, 1.54) is 18.2 Å². The molecule has 0 fully saturated rings. The van der Waals surface area contributed by atoms with E-state index in [1.807, 2.05) is 17.6 Å². The van der Waals surface area contributed by atoms with E-state index < -0.39 is 21.6 Å². The van der Waals surface area contributed by atoms with Crippen molar-refractivity contribution in [1.82, 2.24) is 14.8 Å². The Bertz CT molecular complexity index is 1370. The van der Waals surface area contributed by atoms with E-state index in [0.717, 1.165) is 11.9 Å². The molecule has 0 atom stereocenters. The molecular formula is C19H15ClFN5O3S2. The first-order valence-corrected chi connectivity index (χ1v) is 11.7. The molecule has 0 aliphatic carbocycles. The third-order valence-corrected chi connectivity index (χ3v) is 7.04. The van der Waals surface area contributed by atoms with Crippen molar-refractivity contribution in [2.24, 2.45) is 0 Å². The van der Waals surface area contributed by atoms with Gasteiger partial charge in [-0.3, -0.25) is 10.1 Å². The lowest BCUT2D eigenvalue weighted by atomic mass is 10.1. The summed E-state index contributed by atoms with van der Waals surface area (Å²) in [5.74, 6) is -1.29. The van der Waals surface area contributed by atoms with E-state index >= 15 is 0 Å². The molecule has 2 heterocycles. The maximum Gasteiger partial charge on any atom is 0.268 e. The van der Waals surface area contributed by atoms with E-state index in [4.69, 9.17) is 11.6 Å². The number of anilines is 1. The highest BCUT2D eigenvalue weighted by Gasteiger charge is 2.18. The summed E-state index contributed by atoms with van der Waals surface area (Å²) >= 11 is 6.57. The van der Waals surface area contributed by atoms with Gasteiger partial charge in [0.15, 0.2) is 0 Å². The number of nitrogens with zero attached hydrogens (tertiary/aromatic N) is 4.